The second kappa shape index (κ2) is 6.31. The van der Waals surface area contributed by atoms with Gasteiger partial charge in [-0.05, 0) is 24.6 Å². The molecule has 0 aromatic heterocycles. The summed E-state index contributed by atoms with van der Waals surface area (Å²) >= 11 is 6.56. The maximum atomic E-state index is 11.9. The lowest BCUT2D eigenvalue weighted by Gasteiger charge is -2.09. The van der Waals surface area contributed by atoms with Gasteiger partial charge in [-0.25, -0.2) is 4.79 Å². The highest BCUT2D eigenvalue weighted by molar-refractivity contribution is 9.10. The summed E-state index contributed by atoms with van der Waals surface area (Å²) in [6.45, 7) is 1.77. The van der Waals surface area contributed by atoms with Gasteiger partial charge in [-0.15, -0.1) is 0 Å². The first-order chi connectivity index (χ1) is 8.01. The van der Waals surface area contributed by atoms with Crippen LogP contribution in [-0.4, -0.2) is 23.7 Å². The van der Waals surface area contributed by atoms with Gasteiger partial charge in [0, 0.05) is 10.9 Å². The number of hydrogen-bond donors (Lipinski definition) is 0. The fourth-order valence-electron chi connectivity index (χ4n) is 1.40. The Morgan fingerprint density at radius 2 is 2.06 bits per heavy atom. The molecule has 17 heavy (non-hydrogen) atoms. The van der Waals surface area contributed by atoms with Crippen molar-refractivity contribution in [3.05, 3.63) is 34.9 Å². The van der Waals surface area contributed by atoms with Gasteiger partial charge in [-0.3, -0.25) is 4.79 Å². The Morgan fingerprint density at radius 3 is 2.53 bits per heavy atom. The average molecular weight is 364 g/mol. The molecule has 1 aromatic carbocycles. The molecule has 0 heterocycles. The number of halogens is 2. The minimum atomic E-state index is -0.405. The average Bonchev–Trinajstić information content (AvgIpc) is 2.35. The summed E-state index contributed by atoms with van der Waals surface area (Å²) < 4.78 is 4.64. The molecule has 1 rings (SSSR count). The van der Waals surface area contributed by atoms with Crippen LogP contribution in [0.3, 0.4) is 0 Å². The standard InChI is InChI=1S/C12H12Br2O3/c1-7(14)11(15)10-4-3-8(12(16)17-2)5-9(10)6-13/h3-5,7H,6H2,1-2H3. The number of hydrogen-bond acceptors (Lipinski definition) is 3. The van der Waals surface area contributed by atoms with E-state index in [9.17, 15) is 9.59 Å². The minimum Gasteiger partial charge on any atom is -0.465 e. The van der Waals surface area contributed by atoms with E-state index >= 15 is 0 Å². The molecule has 0 aliphatic carbocycles. The molecule has 0 bridgehead atoms. The Morgan fingerprint density at radius 1 is 1.41 bits per heavy atom. The lowest BCUT2D eigenvalue weighted by Crippen LogP contribution is -2.13. The smallest absolute Gasteiger partial charge is 0.337 e. The van der Waals surface area contributed by atoms with E-state index in [-0.39, 0.29) is 10.6 Å². The van der Waals surface area contributed by atoms with Crippen molar-refractivity contribution in [2.45, 2.75) is 17.1 Å². The molecule has 0 aliphatic heterocycles. The van der Waals surface area contributed by atoms with Crippen LogP contribution in [0.15, 0.2) is 18.2 Å². The second-order valence-corrected chi connectivity index (χ2v) is 5.41. The zero-order valence-corrected chi connectivity index (χ0v) is 12.7. The number of carbonyl (C=O) groups is 2. The summed E-state index contributed by atoms with van der Waals surface area (Å²) in [7, 11) is 1.33. The van der Waals surface area contributed by atoms with Gasteiger partial charge in [-0.1, -0.05) is 37.9 Å². The van der Waals surface area contributed by atoms with Crippen molar-refractivity contribution in [2.24, 2.45) is 0 Å². The Hall–Kier alpha value is -0.680. The summed E-state index contributed by atoms with van der Waals surface area (Å²) in [5.41, 5.74) is 1.84. The minimum absolute atomic E-state index is 0.00383. The van der Waals surface area contributed by atoms with E-state index in [2.05, 4.69) is 36.6 Å². The van der Waals surface area contributed by atoms with Crippen LogP contribution in [0.5, 0.6) is 0 Å². The lowest BCUT2D eigenvalue weighted by molar-refractivity contribution is 0.0600. The van der Waals surface area contributed by atoms with Crippen molar-refractivity contribution in [1.82, 2.24) is 0 Å². The van der Waals surface area contributed by atoms with Crippen molar-refractivity contribution in [3.8, 4) is 0 Å². The van der Waals surface area contributed by atoms with Crippen molar-refractivity contribution in [1.29, 1.82) is 0 Å². The summed E-state index contributed by atoms with van der Waals surface area (Å²) in [5.74, 6) is -0.408. The number of rotatable bonds is 4. The first-order valence-electron chi connectivity index (χ1n) is 4.96. The lowest BCUT2D eigenvalue weighted by atomic mass is 10.0. The summed E-state index contributed by atoms with van der Waals surface area (Å²) in [6.07, 6.45) is 0. The third-order valence-corrected chi connectivity index (χ3v) is 3.32. The van der Waals surface area contributed by atoms with Gasteiger partial charge >= 0.3 is 5.97 Å². The van der Waals surface area contributed by atoms with Gasteiger partial charge in [0.05, 0.1) is 17.5 Å². The highest BCUT2D eigenvalue weighted by Crippen LogP contribution is 2.19. The molecule has 0 aliphatic rings. The monoisotopic (exact) mass is 362 g/mol. The maximum absolute atomic E-state index is 11.9. The predicted molar refractivity (Wildman–Crippen MR) is 73.1 cm³/mol. The van der Waals surface area contributed by atoms with Crippen LogP contribution < -0.4 is 0 Å². The molecule has 3 nitrogen and oxygen atoms in total. The van der Waals surface area contributed by atoms with Gasteiger partial charge in [0.1, 0.15) is 0 Å². The first-order valence-corrected chi connectivity index (χ1v) is 7.00. The second-order valence-electron chi connectivity index (χ2n) is 3.48. The molecule has 0 radical (unpaired) electrons. The molecule has 1 aromatic rings. The highest BCUT2D eigenvalue weighted by atomic mass is 79.9. The fraction of sp³-hybridized carbons (Fsp3) is 0.333. The van der Waals surface area contributed by atoms with E-state index in [1.807, 2.05) is 0 Å². The molecular weight excluding hydrogens is 352 g/mol. The van der Waals surface area contributed by atoms with Crippen molar-refractivity contribution < 1.29 is 14.3 Å². The molecule has 5 heteroatoms. The zero-order chi connectivity index (χ0) is 13.0. The fourth-order valence-corrected chi connectivity index (χ4v) is 2.11. The molecule has 1 atom stereocenters. The molecule has 0 spiro atoms. The molecule has 92 valence electrons. The largest absolute Gasteiger partial charge is 0.465 e. The van der Waals surface area contributed by atoms with Gasteiger partial charge < -0.3 is 4.74 Å². The Kier molecular flexibility index (Phi) is 5.33. The van der Waals surface area contributed by atoms with Crippen LogP contribution in [-0.2, 0) is 10.1 Å². The highest BCUT2D eigenvalue weighted by Gasteiger charge is 2.17. The third-order valence-electron chi connectivity index (χ3n) is 2.30. The molecule has 0 fully saturated rings. The molecule has 0 saturated carbocycles. The number of carbonyl (C=O) groups excluding carboxylic acids is 2. The number of esters is 1. The SMILES string of the molecule is COC(=O)c1ccc(C(=O)C(C)Br)c(CBr)c1. The van der Waals surface area contributed by atoms with Crippen LogP contribution in [0, 0.1) is 0 Å². The maximum Gasteiger partial charge on any atom is 0.337 e. The van der Waals surface area contributed by atoms with Crippen LogP contribution in [0.1, 0.15) is 33.2 Å². The number of methoxy groups -OCH3 is 1. The molecular formula is C12H12Br2O3. The number of benzene rings is 1. The van der Waals surface area contributed by atoms with Crippen LogP contribution >= 0.6 is 31.9 Å². The molecule has 1 unspecified atom stereocenters. The van der Waals surface area contributed by atoms with Crippen molar-refractivity contribution >= 4 is 43.6 Å². The van der Waals surface area contributed by atoms with Gasteiger partial charge in [0.15, 0.2) is 5.78 Å². The van der Waals surface area contributed by atoms with Crippen molar-refractivity contribution in [2.75, 3.05) is 7.11 Å². The number of ether oxygens (including phenoxy) is 1. The summed E-state index contributed by atoms with van der Waals surface area (Å²) in [5, 5.41) is 0.513. The van der Waals surface area contributed by atoms with E-state index < -0.39 is 5.97 Å². The predicted octanol–water partition coefficient (Wildman–Crippen LogP) is 3.33. The van der Waals surface area contributed by atoms with Gasteiger partial charge in [0.25, 0.3) is 0 Å². The van der Waals surface area contributed by atoms with Crippen molar-refractivity contribution in [3.63, 3.8) is 0 Å². The van der Waals surface area contributed by atoms with Gasteiger partial charge in [-0.2, -0.15) is 0 Å². The van der Waals surface area contributed by atoms with Gasteiger partial charge in [0.2, 0.25) is 0 Å². The number of alkyl halides is 2. The Bertz CT molecular complexity index is 441. The molecule has 0 amide bonds. The van der Waals surface area contributed by atoms with Crippen LogP contribution in [0.2, 0.25) is 0 Å². The topological polar surface area (TPSA) is 43.4 Å². The quantitative estimate of drug-likeness (QED) is 0.468. The summed E-state index contributed by atoms with van der Waals surface area (Å²) in [6, 6.07) is 4.92. The van der Waals surface area contributed by atoms with Crippen LogP contribution in [0.25, 0.3) is 0 Å². The molecule has 0 N–H and O–H groups in total. The first kappa shape index (κ1) is 14.4. The number of ketones is 1. The van der Waals surface area contributed by atoms with Crippen LogP contribution in [0.4, 0.5) is 0 Å². The van der Waals surface area contributed by atoms with E-state index in [0.29, 0.717) is 16.5 Å². The normalized spacial score (nSPS) is 12.0. The molecule has 0 saturated heterocycles. The van der Waals surface area contributed by atoms with E-state index in [1.165, 1.54) is 7.11 Å². The van der Waals surface area contributed by atoms with E-state index in [4.69, 9.17) is 0 Å². The zero-order valence-electron chi connectivity index (χ0n) is 9.50. The number of Topliss-reactive ketones (excluding diaryl/α,β-unsaturated/α-hetero) is 1. The summed E-state index contributed by atoms with van der Waals surface area (Å²) in [4.78, 5) is 23.0. The Labute approximate surface area is 117 Å². The van der Waals surface area contributed by atoms with E-state index in [1.54, 1.807) is 25.1 Å². The van der Waals surface area contributed by atoms with E-state index in [0.717, 1.165) is 5.56 Å². The third kappa shape index (κ3) is 3.39. The Balaban J connectivity index is 3.18.